The van der Waals surface area contributed by atoms with Crippen molar-refractivity contribution in [3.8, 4) is 5.69 Å². The molecule has 5 rings (SSSR count). The van der Waals surface area contributed by atoms with Crippen LogP contribution in [0.4, 0.5) is 5.69 Å². The summed E-state index contributed by atoms with van der Waals surface area (Å²) < 4.78 is 2.65. The van der Waals surface area contributed by atoms with E-state index in [1.54, 1.807) is 10.6 Å². The summed E-state index contributed by atoms with van der Waals surface area (Å²) in [7, 11) is 0. The minimum absolute atomic E-state index is 0.0836. The second-order valence-electron chi connectivity index (χ2n) is 8.34. The third-order valence-corrected chi connectivity index (χ3v) is 6.52. The van der Waals surface area contributed by atoms with Crippen LogP contribution in [0.15, 0.2) is 39.9 Å². The number of halogens is 1. The van der Waals surface area contributed by atoms with E-state index in [0.717, 1.165) is 54.6 Å². The Morgan fingerprint density at radius 2 is 1.94 bits per heavy atom. The Morgan fingerprint density at radius 1 is 1.16 bits per heavy atom. The molecule has 1 saturated heterocycles. The third kappa shape index (κ3) is 3.49. The summed E-state index contributed by atoms with van der Waals surface area (Å²) in [6.07, 6.45) is 3.61. The van der Waals surface area contributed by atoms with Crippen molar-refractivity contribution in [2.45, 2.75) is 38.3 Å². The predicted molar refractivity (Wildman–Crippen MR) is 124 cm³/mol. The van der Waals surface area contributed by atoms with Crippen LogP contribution in [0.2, 0.25) is 5.02 Å². The van der Waals surface area contributed by atoms with E-state index in [0.29, 0.717) is 23.5 Å². The molecule has 3 N–H and O–H groups in total. The maximum absolute atomic E-state index is 13.4. The summed E-state index contributed by atoms with van der Waals surface area (Å²) in [5.41, 5.74) is 1.75. The maximum Gasteiger partial charge on any atom is 0.336 e. The third-order valence-electron chi connectivity index (χ3n) is 6.30. The minimum Gasteiger partial charge on any atom is -0.478 e. The Morgan fingerprint density at radius 3 is 2.69 bits per heavy atom. The van der Waals surface area contributed by atoms with Gasteiger partial charge in [-0.25, -0.2) is 14.2 Å². The molecule has 0 radical (unpaired) electrons. The zero-order valence-corrected chi connectivity index (χ0v) is 18.1. The van der Waals surface area contributed by atoms with Gasteiger partial charge in [0.05, 0.1) is 22.2 Å². The standard InChI is InChI=1S/C23H23ClN4O4/c24-14-10-13(22(30)31)11-16(12-14)28-21(29)18-3-4-19(26-15-5-7-25-8-6-15)17-2-1-9-27(20(17)18)23(28)32/h3-4,10-12,15,25-26H,1-2,5-9H2,(H,30,31). The van der Waals surface area contributed by atoms with E-state index in [-0.39, 0.29) is 16.3 Å². The Labute approximate surface area is 188 Å². The van der Waals surface area contributed by atoms with Gasteiger partial charge in [0.25, 0.3) is 5.56 Å². The number of aromatic nitrogens is 2. The van der Waals surface area contributed by atoms with E-state index in [4.69, 9.17) is 11.6 Å². The number of aryl methyl sites for hydroxylation is 2. The molecule has 1 fully saturated rings. The molecule has 2 aliphatic rings. The van der Waals surface area contributed by atoms with Crippen molar-refractivity contribution in [2.75, 3.05) is 18.4 Å². The second-order valence-corrected chi connectivity index (χ2v) is 8.77. The van der Waals surface area contributed by atoms with Gasteiger partial charge >= 0.3 is 11.7 Å². The highest BCUT2D eigenvalue weighted by Crippen LogP contribution is 2.30. The first kappa shape index (κ1) is 20.8. The average Bonchev–Trinajstić information content (AvgIpc) is 2.78. The van der Waals surface area contributed by atoms with Gasteiger partial charge in [0.15, 0.2) is 0 Å². The van der Waals surface area contributed by atoms with E-state index in [2.05, 4.69) is 10.6 Å². The van der Waals surface area contributed by atoms with Gasteiger partial charge in [0, 0.05) is 23.3 Å². The molecule has 0 unspecified atom stereocenters. The van der Waals surface area contributed by atoms with Gasteiger partial charge in [-0.1, -0.05) is 11.6 Å². The quantitative estimate of drug-likeness (QED) is 0.559. The van der Waals surface area contributed by atoms with E-state index in [1.165, 1.54) is 18.2 Å². The number of rotatable bonds is 4. The number of carbonyl (C=O) groups is 1. The van der Waals surface area contributed by atoms with Gasteiger partial charge in [0.1, 0.15) is 0 Å². The largest absolute Gasteiger partial charge is 0.478 e. The molecule has 0 atom stereocenters. The van der Waals surface area contributed by atoms with Crippen LogP contribution in [0.1, 0.15) is 35.2 Å². The lowest BCUT2D eigenvalue weighted by molar-refractivity contribution is 0.0697. The number of nitrogens with one attached hydrogen (secondary N) is 2. The van der Waals surface area contributed by atoms with Crippen molar-refractivity contribution in [1.82, 2.24) is 14.5 Å². The van der Waals surface area contributed by atoms with Crippen LogP contribution >= 0.6 is 11.6 Å². The van der Waals surface area contributed by atoms with Crippen molar-refractivity contribution >= 4 is 34.2 Å². The molecule has 2 aromatic carbocycles. The monoisotopic (exact) mass is 454 g/mol. The van der Waals surface area contributed by atoms with Crippen molar-refractivity contribution in [3.05, 3.63) is 67.3 Å². The number of piperidine rings is 1. The summed E-state index contributed by atoms with van der Waals surface area (Å²) in [6, 6.07) is 8.06. The summed E-state index contributed by atoms with van der Waals surface area (Å²) in [5, 5.41) is 16.9. The second kappa shape index (κ2) is 8.11. The summed E-state index contributed by atoms with van der Waals surface area (Å²) >= 11 is 6.09. The van der Waals surface area contributed by atoms with Crippen LogP contribution in [-0.2, 0) is 13.0 Å². The molecule has 3 aromatic rings. The van der Waals surface area contributed by atoms with E-state index < -0.39 is 17.2 Å². The lowest BCUT2D eigenvalue weighted by atomic mass is 9.98. The number of carboxylic acids is 1. The Bertz CT molecular complexity index is 1350. The summed E-state index contributed by atoms with van der Waals surface area (Å²) in [6.45, 7) is 2.42. The molecule has 0 spiro atoms. The molecule has 0 saturated carbocycles. The van der Waals surface area contributed by atoms with Crippen molar-refractivity contribution in [2.24, 2.45) is 0 Å². The maximum atomic E-state index is 13.4. The van der Waals surface area contributed by atoms with Gasteiger partial charge in [-0.05, 0) is 74.7 Å². The van der Waals surface area contributed by atoms with Crippen LogP contribution in [0.25, 0.3) is 16.6 Å². The van der Waals surface area contributed by atoms with Crippen molar-refractivity contribution < 1.29 is 9.90 Å². The molecule has 32 heavy (non-hydrogen) atoms. The molecular formula is C23H23ClN4O4. The van der Waals surface area contributed by atoms with Crippen LogP contribution < -0.4 is 21.9 Å². The first-order valence-electron chi connectivity index (χ1n) is 10.8. The van der Waals surface area contributed by atoms with E-state index in [1.807, 2.05) is 6.07 Å². The Kier molecular flexibility index (Phi) is 5.27. The van der Waals surface area contributed by atoms with Gasteiger partial charge < -0.3 is 15.7 Å². The Balaban J connectivity index is 1.71. The molecule has 2 aliphatic heterocycles. The van der Waals surface area contributed by atoms with E-state index in [9.17, 15) is 19.5 Å². The van der Waals surface area contributed by atoms with Gasteiger partial charge in [-0.15, -0.1) is 0 Å². The van der Waals surface area contributed by atoms with Crippen LogP contribution in [0.3, 0.4) is 0 Å². The summed E-state index contributed by atoms with van der Waals surface area (Å²) in [4.78, 5) is 38.3. The molecule has 3 heterocycles. The van der Waals surface area contributed by atoms with E-state index >= 15 is 0 Å². The number of carboxylic acid groups (broad SMARTS) is 1. The van der Waals surface area contributed by atoms with Gasteiger partial charge in [-0.2, -0.15) is 0 Å². The molecule has 9 heteroatoms. The van der Waals surface area contributed by atoms with Crippen LogP contribution in [0.5, 0.6) is 0 Å². The molecule has 0 bridgehead atoms. The van der Waals surface area contributed by atoms with Crippen LogP contribution in [0, 0.1) is 0 Å². The summed E-state index contributed by atoms with van der Waals surface area (Å²) in [5.74, 6) is -1.18. The molecule has 0 aliphatic carbocycles. The number of hydrogen-bond donors (Lipinski definition) is 3. The highest BCUT2D eigenvalue weighted by Gasteiger charge is 2.24. The lowest BCUT2D eigenvalue weighted by Gasteiger charge is -2.28. The minimum atomic E-state index is -1.18. The average molecular weight is 455 g/mol. The highest BCUT2D eigenvalue weighted by molar-refractivity contribution is 6.31. The lowest BCUT2D eigenvalue weighted by Crippen LogP contribution is -2.41. The fraction of sp³-hybridized carbons (Fsp3) is 0.348. The smallest absolute Gasteiger partial charge is 0.336 e. The number of hydrogen-bond acceptors (Lipinski definition) is 5. The fourth-order valence-corrected chi connectivity index (χ4v) is 5.02. The normalized spacial score (nSPS) is 16.3. The molecule has 0 amide bonds. The predicted octanol–water partition coefficient (Wildman–Crippen LogP) is 2.61. The zero-order valence-electron chi connectivity index (χ0n) is 17.4. The van der Waals surface area contributed by atoms with Crippen molar-refractivity contribution in [3.63, 3.8) is 0 Å². The number of anilines is 1. The topological polar surface area (TPSA) is 105 Å². The first-order valence-corrected chi connectivity index (χ1v) is 11.1. The highest BCUT2D eigenvalue weighted by atomic mass is 35.5. The molecule has 166 valence electrons. The van der Waals surface area contributed by atoms with Crippen molar-refractivity contribution in [1.29, 1.82) is 0 Å². The number of benzene rings is 2. The Hall–Kier alpha value is -3.10. The fourth-order valence-electron chi connectivity index (χ4n) is 4.79. The zero-order chi connectivity index (χ0) is 22.4. The van der Waals surface area contributed by atoms with Gasteiger partial charge in [0.2, 0.25) is 0 Å². The SMILES string of the molecule is O=C(O)c1cc(Cl)cc(-n2c(=O)c3ccc(NC4CCNCC4)c4c3n(c2=O)CCC4)c1. The van der Waals surface area contributed by atoms with Crippen LogP contribution in [-0.4, -0.2) is 39.3 Å². The number of aromatic carboxylic acids is 1. The molecule has 8 nitrogen and oxygen atoms in total. The van der Waals surface area contributed by atoms with Gasteiger partial charge in [-0.3, -0.25) is 9.36 Å². The first-order chi connectivity index (χ1) is 15.4. The number of nitrogens with zero attached hydrogens (tertiary/aromatic N) is 2. The molecular weight excluding hydrogens is 432 g/mol. The molecule has 1 aromatic heterocycles.